The van der Waals surface area contributed by atoms with Crippen LogP contribution < -0.4 is 0 Å². The second kappa shape index (κ2) is 68.2. The zero-order chi connectivity index (χ0) is 69.1. The summed E-state index contributed by atoms with van der Waals surface area (Å²) in [6.45, 7) is 7.23. The standard InChI is InChI=1S/C75H146O17P2/c1-6-9-12-15-17-19-21-23-25-29-32-36-40-44-49-54-59-73(78)86-65-71(92-75(80)61-56-51-46-42-38-34-30-26-28-31-35-39-43-48-52-57-68(4)5)67-90-94(83,84)88-63-69(76)62-87-93(81,82)89-66-70(64-85-72(77)58-53-47-14-11-8-3)91-74(79)60-55-50-45-41-37-33-27-24-22-20-18-16-13-10-7-2/h68-71,76H,6-67H2,1-5H3,(H,81,82)(H,83,84)/t69-,70+,71+/m0/s1. The second-order valence-corrected chi connectivity index (χ2v) is 30.4. The number of rotatable bonds is 75. The summed E-state index contributed by atoms with van der Waals surface area (Å²) < 4.78 is 68.3. The van der Waals surface area contributed by atoms with Gasteiger partial charge in [0.25, 0.3) is 0 Å². The van der Waals surface area contributed by atoms with Gasteiger partial charge in [0, 0.05) is 25.7 Å². The topological polar surface area (TPSA) is 237 Å². The first-order valence-corrected chi connectivity index (χ1v) is 42.1. The highest BCUT2D eigenvalue weighted by atomic mass is 31.2. The molecule has 0 saturated carbocycles. The van der Waals surface area contributed by atoms with E-state index in [2.05, 4.69) is 34.6 Å². The van der Waals surface area contributed by atoms with E-state index in [1.807, 2.05) is 0 Å². The Morgan fingerprint density at radius 3 is 0.723 bits per heavy atom. The first-order chi connectivity index (χ1) is 45.5. The summed E-state index contributed by atoms with van der Waals surface area (Å²) in [6.07, 6.45) is 57.2. The van der Waals surface area contributed by atoms with Gasteiger partial charge in [0.05, 0.1) is 26.4 Å². The van der Waals surface area contributed by atoms with Crippen LogP contribution in [0.25, 0.3) is 0 Å². The number of hydrogen-bond acceptors (Lipinski definition) is 15. The number of hydrogen-bond donors (Lipinski definition) is 3. The van der Waals surface area contributed by atoms with Gasteiger partial charge in [0.1, 0.15) is 19.3 Å². The van der Waals surface area contributed by atoms with E-state index in [-0.39, 0.29) is 25.7 Å². The molecule has 3 N–H and O–H groups in total. The van der Waals surface area contributed by atoms with Crippen molar-refractivity contribution in [3.8, 4) is 0 Å². The van der Waals surface area contributed by atoms with Crippen molar-refractivity contribution < 1.29 is 80.2 Å². The Morgan fingerprint density at radius 1 is 0.287 bits per heavy atom. The molecule has 0 saturated heterocycles. The highest BCUT2D eigenvalue weighted by molar-refractivity contribution is 7.47. The number of ether oxygens (including phenoxy) is 4. The highest BCUT2D eigenvalue weighted by Gasteiger charge is 2.30. The number of aliphatic hydroxyl groups excluding tert-OH is 1. The molecule has 0 radical (unpaired) electrons. The fourth-order valence-corrected chi connectivity index (χ4v) is 13.1. The van der Waals surface area contributed by atoms with Gasteiger partial charge in [0.2, 0.25) is 0 Å². The molecule has 0 aromatic heterocycles. The maximum absolute atomic E-state index is 13.1. The first kappa shape index (κ1) is 92.1. The van der Waals surface area contributed by atoms with Crippen LogP contribution in [0.15, 0.2) is 0 Å². The van der Waals surface area contributed by atoms with Crippen molar-refractivity contribution in [2.75, 3.05) is 39.6 Å². The smallest absolute Gasteiger partial charge is 0.462 e. The van der Waals surface area contributed by atoms with E-state index in [0.29, 0.717) is 25.7 Å². The molecule has 2 unspecified atom stereocenters. The minimum absolute atomic E-state index is 0.107. The molecule has 558 valence electrons. The molecule has 0 heterocycles. The summed E-state index contributed by atoms with van der Waals surface area (Å²) in [5.41, 5.74) is 0. The van der Waals surface area contributed by atoms with E-state index in [1.165, 1.54) is 212 Å². The predicted molar refractivity (Wildman–Crippen MR) is 382 cm³/mol. The van der Waals surface area contributed by atoms with Gasteiger partial charge < -0.3 is 33.8 Å². The molecule has 0 aromatic carbocycles. The van der Waals surface area contributed by atoms with Gasteiger partial charge in [-0.2, -0.15) is 0 Å². The molecule has 0 rings (SSSR count). The van der Waals surface area contributed by atoms with Crippen molar-refractivity contribution in [3.63, 3.8) is 0 Å². The van der Waals surface area contributed by atoms with E-state index in [4.69, 9.17) is 37.0 Å². The fourth-order valence-electron chi connectivity index (χ4n) is 11.5. The quantitative estimate of drug-likeness (QED) is 0.0222. The number of carbonyl (C=O) groups is 4. The van der Waals surface area contributed by atoms with Crippen LogP contribution in [0.1, 0.15) is 394 Å². The van der Waals surface area contributed by atoms with Crippen LogP contribution >= 0.6 is 15.6 Å². The Kier molecular flexibility index (Phi) is 66.8. The average Bonchev–Trinajstić information content (AvgIpc) is 2.41. The predicted octanol–water partition coefficient (Wildman–Crippen LogP) is 22.1. The Balaban J connectivity index is 5.14. The van der Waals surface area contributed by atoms with Crippen molar-refractivity contribution in [2.24, 2.45) is 5.92 Å². The van der Waals surface area contributed by atoms with Crippen molar-refractivity contribution in [2.45, 2.75) is 412 Å². The number of phosphoric acid groups is 2. The van der Waals surface area contributed by atoms with Crippen LogP contribution in [0.3, 0.4) is 0 Å². The van der Waals surface area contributed by atoms with E-state index in [9.17, 15) is 43.2 Å². The van der Waals surface area contributed by atoms with Crippen LogP contribution in [0.4, 0.5) is 0 Å². The lowest BCUT2D eigenvalue weighted by atomic mass is 10.0. The normalized spacial score (nSPS) is 14.0. The van der Waals surface area contributed by atoms with Gasteiger partial charge in [-0.25, -0.2) is 9.13 Å². The zero-order valence-electron chi connectivity index (χ0n) is 61.1. The molecular formula is C75H146O17P2. The first-order valence-electron chi connectivity index (χ1n) is 39.1. The largest absolute Gasteiger partial charge is 0.472 e. The average molecular weight is 1380 g/mol. The molecule has 0 aromatic rings. The summed E-state index contributed by atoms with van der Waals surface area (Å²) in [4.78, 5) is 72.5. The Bertz CT molecular complexity index is 1810. The lowest BCUT2D eigenvalue weighted by molar-refractivity contribution is -0.161. The third kappa shape index (κ3) is 68.6. The fraction of sp³-hybridized carbons (Fsp3) is 0.947. The molecule has 0 aliphatic carbocycles. The molecule has 0 spiro atoms. The molecule has 0 aliphatic rings. The number of unbranched alkanes of at least 4 members (excludes halogenated alkanes) is 47. The maximum Gasteiger partial charge on any atom is 0.472 e. The van der Waals surface area contributed by atoms with Crippen LogP contribution in [0.5, 0.6) is 0 Å². The van der Waals surface area contributed by atoms with Crippen LogP contribution in [-0.4, -0.2) is 96.7 Å². The molecule has 0 bridgehead atoms. The van der Waals surface area contributed by atoms with E-state index >= 15 is 0 Å². The van der Waals surface area contributed by atoms with Gasteiger partial charge >= 0.3 is 39.5 Å². The molecule has 19 heteroatoms. The van der Waals surface area contributed by atoms with Gasteiger partial charge in [-0.1, -0.05) is 343 Å². The summed E-state index contributed by atoms with van der Waals surface area (Å²) in [7, 11) is -9.90. The molecule has 0 fully saturated rings. The third-order valence-electron chi connectivity index (χ3n) is 17.5. The maximum atomic E-state index is 13.1. The summed E-state index contributed by atoms with van der Waals surface area (Å²) >= 11 is 0. The van der Waals surface area contributed by atoms with Crippen molar-refractivity contribution in [3.05, 3.63) is 0 Å². The molecule has 0 aliphatic heterocycles. The Labute approximate surface area is 575 Å². The van der Waals surface area contributed by atoms with Crippen LogP contribution in [-0.2, 0) is 65.4 Å². The second-order valence-electron chi connectivity index (χ2n) is 27.5. The van der Waals surface area contributed by atoms with Crippen LogP contribution in [0, 0.1) is 5.92 Å². The van der Waals surface area contributed by atoms with Crippen molar-refractivity contribution >= 4 is 39.5 Å². The summed E-state index contributed by atoms with van der Waals surface area (Å²) in [5, 5.41) is 10.6. The molecule has 17 nitrogen and oxygen atoms in total. The van der Waals surface area contributed by atoms with Crippen LogP contribution in [0.2, 0.25) is 0 Å². The molecule has 5 atom stereocenters. The van der Waals surface area contributed by atoms with Gasteiger partial charge in [-0.15, -0.1) is 0 Å². The number of aliphatic hydroxyl groups is 1. The lowest BCUT2D eigenvalue weighted by Crippen LogP contribution is -2.30. The van der Waals surface area contributed by atoms with Crippen molar-refractivity contribution in [1.82, 2.24) is 0 Å². The zero-order valence-corrected chi connectivity index (χ0v) is 62.9. The number of phosphoric ester groups is 2. The van der Waals surface area contributed by atoms with E-state index < -0.39 is 97.5 Å². The lowest BCUT2D eigenvalue weighted by Gasteiger charge is -2.21. The van der Waals surface area contributed by atoms with Gasteiger partial charge in [0.15, 0.2) is 12.2 Å². The highest BCUT2D eigenvalue weighted by Crippen LogP contribution is 2.45. The third-order valence-corrected chi connectivity index (χ3v) is 19.4. The molecule has 94 heavy (non-hydrogen) atoms. The summed E-state index contributed by atoms with van der Waals surface area (Å²) in [5.74, 6) is -1.32. The minimum Gasteiger partial charge on any atom is -0.462 e. The van der Waals surface area contributed by atoms with E-state index in [1.54, 1.807) is 0 Å². The van der Waals surface area contributed by atoms with E-state index in [0.717, 1.165) is 102 Å². The number of esters is 4. The molecular weight excluding hydrogens is 1230 g/mol. The van der Waals surface area contributed by atoms with Gasteiger partial charge in [-0.3, -0.25) is 37.3 Å². The number of carbonyl (C=O) groups excluding carboxylic acids is 4. The Morgan fingerprint density at radius 2 is 0.489 bits per heavy atom. The minimum atomic E-state index is -4.95. The Hall–Kier alpha value is -1.94. The van der Waals surface area contributed by atoms with Crippen molar-refractivity contribution in [1.29, 1.82) is 0 Å². The van der Waals surface area contributed by atoms with Gasteiger partial charge in [-0.05, 0) is 31.6 Å². The monoisotopic (exact) mass is 1380 g/mol. The SMILES string of the molecule is CCCCCCCCCCCCCCCCCCC(=O)OC[C@H](COP(=O)(O)OC[C@@H](O)COP(=O)(O)OC[C@@H](COC(=O)CCCCCCC)OC(=O)CCCCCCCCCCCCCCCCC)OC(=O)CCCCCCCCCCCCCCCCCC(C)C. The summed E-state index contributed by atoms with van der Waals surface area (Å²) in [6, 6.07) is 0. The molecule has 0 amide bonds.